The number of carbonyl (C=O) groups is 1. The van der Waals surface area contributed by atoms with Gasteiger partial charge in [0.05, 0.1) is 17.0 Å². The predicted octanol–water partition coefficient (Wildman–Crippen LogP) is 1.18. The third kappa shape index (κ3) is 3.96. The van der Waals surface area contributed by atoms with E-state index in [9.17, 15) is 9.90 Å². The van der Waals surface area contributed by atoms with Crippen molar-refractivity contribution in [2.24, 2.45) is 0 Å². The molecule has 1 amide bonds. The molecule has 0 spiro atoms. The lowest BCUT2D eigenvalue weighted by Crippen LogP contribution is -2.42. The molecule has 0 saturated heterocycles. The number of hydrogen-bond donors (Lipinski definition) is 3. The van der Waals surface area contributed by atoms with E-state index in [1.165, 1.54) is 0 Å². The first-order valence-electron chi connectivity index (χ1n) is 6.64. The minimum absolute atomic E-state index is 0.245. The van der Waals surface area contributed by atoms with Crippen LogP contribution >= 0.6 is 0 Å². The molecular weight excluding hydrogens is 244 g/mol. The van der Waals surface area contributed by atoms with Gasteiger partial charge >= 0.3 is 0 Å². The van der Waals surface area contributed by atoms with E-state index in [0.29, 0.717) is 12.2 Å². The second kappa shape index (κ2) is 6.06. The van der Waals surface area contributed by atoms with E-state index < -0.39 is 5.60 Å². The fraction of sp³-hybridized carbons (Fsp3) is 0.692. The van der Waals surface area contributed by atoms with Crippen LogP contribution in [0.25, 0.3) is 0 Å². The standard InChI is InChI=1S/C13H24N4O2/c1-5-7-9-10(14)11(16-15-9)12(18)17(6-2)8-13(3,4)19/h19H,5-8,14H2,1-4H3,(H,15,16). The summed E-state index contributed by atoms with van der Waals surface area (Å²) in [6, 6.07) is 0. The molecule has 0 aromatic carbocycles. The molecule has 0 atom stereocenters. The Morgan fingerprint density at radius 2 is 2.11 bits per heavy atom. The Kier molecular flexibility index (Phi) is 4.94. The number of anilines is 1. The van der Waals surface area contributed by atoms with E-state index in [2.05, 4.69) is 10.2 Å². The summed E-state index contributed by atoms with van der Waals surface area (Å²) in [5.74, 6) is -0.249. The highest BCUT2D eigenvalue weighted by atomic mass is 16.3. The molecule has 6 nitrogen and oxygen atoms in total. The first-order chi connectivity index (χ1) is 8.80. The number of H-pyrrole nitrogens is 1. The Balaban J connectivity index is 2.92. The minimum atomic E-state index is -0.941. The summed E-state index contributed by atoms with van der Waals surface area (Å²) < 4.78 is 0. The molecule has 0 aliphatic carbocycles. The van der Waals surface area contributed by atoms with Crippen molar-refractivity contribution in [2.45, 2.75) is 46.1 Å². The largest absolute Gasteiger partial charge is 0.395 e. The van der Waals surface area contributed by atoms with Crippen molar-refractivity contribution in [3.05, 3.63) is 11.4 Å². The molecule has 0 radical (unpaired) electrons. The molecule has 1 aromatic rings. The fourth-order valence-electron chi connectivity index (χ4n) is 1.93. The molecule has 6 heteroatoms. The van der Waals surface area contributed by atoms with Gasteiger partial charge in [-0.1, -0.05) is 13.3 Å². The Labute approximate surface area is 114 Å². The van der Waals surface area contributed by atoms with E-state index in [1.54, 1.807) is 18.7 Å². The topological polar surface area (TPSA) is 95.2 Å². The molecule has 0 saturated carbocycles. The lowest BCUT2D eigenvalue weighted by molar-refractivity contribution is 0.0312. The normalized spacial score (nSPS) is 11.6. The molecule has 0 bridgehead atoms. The monoisotopic (exact) mass is 268 g/mol. The lowest BCUT2D eigenvalue weighted by Gasteiger charge is -2.27. The number of aryl methyl sites for hydroxylation is 1. The third-order valence-corrected chi connectivity index (χ3v) is 2.83. The summed E-state index contributed by atoms with van der Waals surface area (Å²) in [7, 11) is 0. The number of rotatable bonds is 6. The van der Waals surface area contributed by atoms with Crippen molar-refractivity contribution in [3.8, 4) is 0 Å². The molecule has 0 aliphatic rings. The van der Waals surface area contributed by atoms with Gasteiger partial charge in [0.15, 0.2) is 5.69 Å². The van der Waals surface area contributed by atoms with Crippen LogP contribution in [-0.4, -0.2) is 44.8 Å². The second-order valence-electron chi connectivity index (χ2n) is 5.35. The molecule has 19 heavy (non-hydrogen) atoms. The zero-order valence-electron chi connectivity index (χ0n) is 12.2. The van der Waals surface area contributed by atoms with Gasteiger partial charge in [0, 0.05) is 13.1 Å². The zero-order chi connectivity index (χ0) is 14.6. The fourth-order valence-corrected chi connectivity index (χ4v) is 1.93. The zero-order valence-corrected chi connectivity index (χ0v) is 12.2. The van der Waals surface area contributed by atoms with Crippen LogP contribution in [-0.2, 0) is 6.42 Å². The summed E-state index contributed by atoms with van der Waals surface area (Å²) >= 11 is 0. The number of amides is 1. The number of aromatic nitrogens is 2. The smallest absolute Gasteiger partial charge is 0.276 e. The van der Waals surface area contributed by atoms with Crippen molar-refractivity contribution in [3.63, 3.8) is 0 Å². The van der Waals surface area contributed by atoms with Crippen molar-refractivity contribution >= 4 is 11.6 Å². The Hall–Kier alpha value is -1.56. The van der Waals surface area contributed by atoms with Gasteiger partial charge in [0.25, 0.3) is 5.91 Å². The van der Waals surface area contributed by atoms with Gasteiger partial charge in [-0.25, -0.2) is 0 Å². The van der Waals surface area contributed by atoms with Crippen LogP contribution in [0.15, 0.2) is 0 Å². The number of nitrogen functional groups attached to an aromatic ring is 1. The number of aromatic amines is 1. The molecule has 1 aromatic heterocycles. The molecule has 0 fully saturated rings. The molecule has 0 unspecified atom stereocenters. The number of nitrogens with two attached hydrogens (primary N) is 1. The van der Waals surface area contributed by atoms with Crippen molar-refractivity contribution in [1.29, 1.82) is 0 Å². The van der Waals surface area contributed by atoms with E-state index in [4.69, 9.17) is 5.73 Å². The summed E-state index contributed by atoms with van der Waals surface area (Å²) in [4.78, 5) is 13.9. The van der Waals surface area contributed by atoms with E-state index in [-0.39, 0.29) is 18.1 Å². The van der Waals surface area contributed by atoms with Gasteiger partial charge in [-0.2, -0.15) is 5.10 Å². The highest BCUT2D eigenvalue weighted by Gasteiger charge is 2.26. The van der Waals surface area contributed by atoms with Crippen LogP contribution in [0.3, 0.4) is 0 Å². The van der Waals surface area contributed by atoms with Crippen molar-refractivity contribution in [2.75, 3.05) is 18.8 Å². The summed E-state index contributed by atoms with van der Waals surface area (Å²) in [6.07, 6.45) is 1.70. The number of hydrogen-bond acceptors (Lipinski definition) is 4. The first kappa shape index (κ1) is 15.5. The van der Waals surface area contributed by atoms with Crippen LogP contribution in [0, 0.1) is 0 Å². The van der Waals surface area contributed by atoms with Gasteiger partial charge in [-0.15, -0.1) is 0 Å². The van der Waals surface area contributed by atoms with Crippen LogP contribution in [0.1, 0.15) is 50.3 Å². The van der Waals surface area contributed by atoms with Gasteiger partial charge < -0.3 is 15.7 Å². The summed E-state index contributed by atoms with van der Waals surface area (Å²) in [5.41, 5.74) is 6.46. The predicted molar refractivity (Wildman–Crippen MR) is 74.9 cm³/mol. The summed E-state index contributed by atoms with van der Waals surface area (Å²) in [5, 5.41) is 16.6. The van der Waals surface area contributed by atoms with Gasteiger partial charge in [0.2, 0.25) is 0 Å². The second-order valence-corrected chi connectivity index (χ2v) is 5.35. The lowest BCUT2D eigenvalue weighted by atomic mass is 10.1. The average molecular weight is 268 g/mol. The maximum atomic E-state index is 12.3. The number of likely N-dealkylation sites (N-methyl/N-ethyl adjacent to an activating group) is 1. The quantitative estimate of drug-likeness (QED) is 0.722. The number of aliphatic hydroxyl groups is 1. The molecular formula is C13H24N4O2. The third-order valence-electron chi connectivity index (χ3n) is 2.83. The highest BCUT2D eigenvalue weighted by Crippen LogP contribution is 2.18. The van der Waals surface area contributed by atoms with E-state index >= 15 is 0 Å². The highest BCUT2D eigenvalue weighted by molar-refractivity contribution is 5.97. The van der Waals surface area contributed by atoms with Crippen LogP contribution in [0.4, 0.5) is 5.69 Å². The van der Waals surface area contributed by atoms with E-state index in [0.717, 1.165) is 18.5 Å². The van der Waals surface area contributed by atoms with Crippen LogP contribution in [0.5, 0.6) is 0 Å². The maximum Gasteiger partial charge on any atom is 0.276 e. The first-order valence-corrected chi connectivity index (χ1v) is 6.64. The SMILES string of the molecule is CCCc1[nH]nc(C(=O)N(CC)CC(C)(C)O)c1N. The minimum Gasteiger partial charge on any atom is -0.395 e. The van der Waals surface area contributed by atoms with Crippen LogP contribution in [0.2, 0.25) is 0 Å². The van der Waals surface area contributed by atoms with Crippen molar-refractivity contribution < 1.29 is 9.90 Å². The Morgan fingerprint density at radius 1 is 1.47 bits per heavy atom. The summed E-state index contributed by atoms with van der Waals surface area (Å²) in [6.45, 7) is 7.97. The maximum absolute atomic E-state index is 12.3. The number of nitrogens with one attached hydrogen (secondary N) is 1. The number of nitrogens with zero attached hydrogens (tertiary/aromatic N) is 2. The molecule has 0 aliphatic heterocycles. The molecule has 1 heterocycles. The Morgan fingerprint density at radius 3 is 2.58 bits per heavy atom. The molecule has 108 valence electrons. The van der Waals surface area contributed by atoms with Crippen LogP contribution < -0.4 is 5.73 Å². The van der Waals surface area contributed by atoms with Crippen molar-refractivity contribution in [1.82, 2.24) is 15.1 Å². The Bertz CT molecular complexity index is 434. The van der Waals surface area contributed by atoms with E-state index in [1.807, 2.05) is 13.8 Å². The van der Waals surface area contributed by atoms with Gasteiger partial charge in [0.1, 0.15) is 0 Å². The van der Waals surface area contributed by atoms with Gasteiger partial charge in [-0.3, -0.25) is 9.89 Å². The molecule has 4 N–H and O–H groups in total. The molecule has 1 rings (SSSR count). The number of carbonyl (C=O) groups excluding carboxylic acids is 1. The van der Waals surface area contributed by atoms with Gasteiger partial charge in [-0.05, 0) is 27.2 Å². The average Bonchev–Trinajstić information content (AvgIpc) is 2.67.